The fourth-order valence-corrected chi connectivity index (χ4v) is 2.97. The molecular formula is C18H19N5O. The van der Waals surface area contributed by atoms with Crippen molar-refractivity contribution in [3.8, 4) is 17.0 Å². The van der Waals surface area contributed by atoms with Gasteiger partial charge < -0.3 is 9.72 Å². The highest BCUT2D eigenvalue weighted by Gasteiger charge is 2.16. The standard InChI is InChI=1S/C18H19N5O/c1-11(2)8-15-21-17-16(18(22-15)24-3)14(10-19-17)12-5-7-23-13(9-12)4-6-20-23/h4-7,9-11H,8H2,1-3H3,(H,19,21,22). The largest absolute Gasteiger partial charge is 0.480 e. The highest BCUT2D eigenvalue weighted by Crippen LogP contribution is 2.34. The van der Waals surface area contributed by atoms with Gasteiger partial charge in [0.2, 0.25) is 5.88 Å². The minimum atomic E-state index is 0.492. The van der Waals surface area contributed by atoms with Crippen molar-refractivity contribution in [2.45, 2.75) is 20.3 Å². The van der Waals surface area contributed by atoms with Crippen molar-refractivity contribution in [3.05, 3.63) is 42.6 Å². The highest BCUT2D eigenvalue weighted by atomic mass is 16.5. The van der Waals surface area contributed by atoms with Gasteiger partial charge in [0.05, 0.1) is 18.0 Å². The lowest BCUT2D eigenvalue weighted by atomic mass is 10.1. The topological polar surface area (TPSA) is 68.1 Å². The van der Waals surface area contributed by atoms with E-state index >= 15 is 0 Å². The summed E-state index contributed by atoms with van der Waals surface area (Å²) in [5.74, 6) is 1.90. The van der Waals surface area contributed by atoms with Gasteiger partial charge in [0.25, 0.3) is 0 Å². The van der Waals surface area contributed by atoms with Crippen molar-refractivity contribution in [1.82, 2.24) is 24.6 Å². The van der Waals surface area contributed by atoms with Crippen molar-refractivity contribution in [1.29, 1.82) is 0 Å². The number of hydrogen-bond donors (Lipinski definition) is 1. The first-order valence-electron chi connectivity index (χ1n) is 8.01. The van der Waals surface area contributed by atoms with Crippen molar-refractivity contribution < 1.29 is 4.74 Å². The first-order chi connectivity index (χ1) is 11.7. The van der Waals surface area contributed by atoms with Gasteiger partial charge in [-0.25, -0.2) is 9.50 Å². The molecule has 0 aliphatic rings. The molecule has 0 spiro atoms. The third-order valence-corrected chi connectivity index (χ3v) is 4.04. The van der Waals surface area contributed by atoms with Crippen LogP contribution in [-0.2, 0) is 6.42 Å². The van der Waals surface area contributed by atoms with Crippen molar-refractivity contribution >= 4 is 16.6 Å². The molecule has 4 aromatic rings. The van der Waals surface area contributed by atoms with E-state index in [9.17, 15) is 0 Å². The Hall–Kier alpha value is -2.89. The fourth-order valence-electron chi connectivity index (χ4n) is 2.97. The van der Waals surface area contributed by atoms with Crippen molar-refractivity contribution in [2.75, 3.05) is 7.11 Å². The molecule has 0 amide bonds. The number of fused-ring (bicyclic) bond motifs is 2. The number of aromatic amines is 1. The smallest absolute Gasteiger partial charge is 0.226 e. The molecule has 0 aliphatic carbocycles. The average molecular weight is 321 g/mol. The predicted molar refractivity (Wildman–Crippen MR) is 93.2 cm³/mol. The lowest BCUT2D eigenvalue weighted by Gasteiger charge is -2.08. The Balaban J connectivity index is 1.89. The Bertz CT molecular complexity index is 1010. The number of nitrogens with zero attached hydrogens (tertiary/aromatic N) is 4. The molecule has 0 unspecified atom stereocenters. The summed E-state index contributed by atoms with van der Waals surface area (Å²) in [5.41, 5.74) is 3.95. The molecule has 0 saturated heterocycles. The molecular weight excluding hydrogens is 302 g/mol. The zero-order chi connectivity index (χ0) is 16.7. The molecule has 0 saturated carbocycles. The quantitative estimate of drug-likeness (QED) is 0.625. The summed E-state index contributed by atoms with van der Waals surface area (Å²) in [4.78, 5) is 12.5. The molecule has 1 N–H and O–H groups in total. The van der Waals surface area contributed by atoms with Gasteiger partial charge in [-0.05, 0) is 29.7 Å². The van der Waals surface area contributed by atoms with Crippen LogP contribution in [0.5, 0.6) is 5.88 Å². The van der Waals surface area contributed by atoms with Crippen LogP contribution in [0.1, 0.15) is 19.7 Å². The Kier molecular flexibility index (Phi) is 3.45. The summed E-state index contributed by atoms with van der Waals surface area (Å²) >= 11 is 0. The van der Waals surface area contributed by atoms with Crippen LogP contribution < -0.4 is 4.74 Å². The number of pyridine rings is 1. The first kappa shape index (κ1) is 14.7. The number of H-pyrrole nitrogens is 1. The van der Waals surface area contributed by atoms with Crippen molar-refractivity contribution in [2.24, 2.45) is 5.92 Å². The van der Waals surface area contributed by atoms with Crippen LogP contribution in [0.3, 0.4) is 0 Å². The number of nitrogens with one attached hydrogen (secondary N) is 1. The summed E-state index contributed by atoms with van der Waals surface area (Å²) in [5, 5.41) is 5.15. The Morgan fingerprint density at radius 1 is 1.25 bits per heavy atom. The number of aromatic nitrogens is 5. The number of ether oxygens (including phenoxy) is 1. The van der Waals surface area contributed by atoms with E-state index in [-0.39, 0.29) is 0 Å². The third-order valence-electron chi connectivity index (χ3n) is 4.04. The molecule has 0 fully saturated rings. The maximum absolute atomic E-state index is 5.55. The highest BCUT2D eigenvalue weighted by molar-refractivity contribution is 5.97. The van der Waals surface area contributed by atoms with Crippen LogP contribution in [0.25, 0.3) is 27.7 Å². The molecule has 0 aliphatic heterocycles. The molecule has 6 nitrogen and oxygen atoms in total. The summed E-state index contributed by atoms with van der Waals surface area (Å²) in [7, 11) is 1.65. The van der Waals surface area contributed by atoms with Gasteiger partial charge >= 0.3 is 0 Å². The monoisotopic (exact) mass is 321 g/mol. The van der Waals surface area contributed by atoms with E-state index in [0.717, 1.165) is 39.9 Å². The van der Waals surface area contributed by atoms with Crippen LogP contribution >= 0.6 is 0 Å². The minimum Gasteiger partial charge on any atom is -0.480 e. The Labute approximate surface area is 139 Å². The minimum absolute atomic E-state index is 0.492. The second-order valence-corrected chi connectivity index (χ2v) is 6.29. The van der Waals surface area contributed by atoms with Gasteiger partial charge in [0.1, 0.15) is 11.5 Å². The van der Waals surface area contributed by atoms with Crippen molar-refractivity contribution in [3.63, 3.8) is 0 Å². The van der Waals surface area contributed by atoms with E-state index in [1.54, 1.807) is 13.3 Å². The van der Waals surface area contributed by atoms with E-state index in [1.165, 1.54) is 0 Å². The molecule has 4 aromatic heterocycles. The van der Waals surface area contributed by atoms with E-state index in [0.29, 0.717) is 11.8 Å². The lowest BCUT2D eigenvalue weighted by Crippen LogP contribution is -2.03. The van der Waals surface area contributed by atoms with E-state index < -0.39 is 0 Å². The van der Waals surface area contributed by atoms with Gasteiger partial charge in [-0.1, -0.05) is 13.8 Å². The summed E-state index contributed by atoms with van der Waals surface area (Å²) in [6.45, 7) is 4.31. The number of hydrogen-bond acceptors (Lipinski definition) is 4. The van der Waals surface area contributed by atoms with Crippen LogP contribution in [0.4, 0.5) is 0 Å². The Morgan fingerprint density at radius 3 is 2.92 bits per heavy atom. The van der Waals surface area contributed by atoms with Gasteiger partial charge in [0.15, 0.2) is 0 Å². The van der Waals surface area contributed by atoms with E-state index in [2.05, 4.69) is 40.0 Å². The molecule has 0 atom stereocenters. The zero-order valence-electron chi connectivity index (χ0n) is 13.9. The zero-order valence-corrected chi connectivity index (χ0v) is 13.9. The maximum Gasteiger partial charge on any atom is 0.226 e. The molecule has 122 valence electrons. The summed E-state index contributed by atoms with van der Waals surface area (Å²) < 4.78 is 7.39. The predicted octanol–water partition coefficient (Wildman–Crippen LogP) is 3.48. The fraction of sp³-hybridized carbons (Fsp3) is 0.278. The normalized spacial score (nSPS) is 11.7. The molecule has 0 bridgehead atoms. The second kappa shape index (κ2) is 5.63. The molecule has 4 heterocycles. The van der Waals surface area contributed by atoms with Gasteiger partial charge in [0, 0.05) is 30.6 Å². The van der Waals surface area contributed by atoms with Crippen LogP contribution in [-0.4, -0.2) is 31.7 Å². The number of rotatable bonds is 4. The average Bonchev–Trinajstić information content (AvgIpc) is 3.19. The van der Waals surface area contributed by atoms with Crippen LogP contribution in [0, 0.1) is 5.92 Å². The number of methoxy groups -OCH3 is 1. The SMILES string of the molecule is COc1nc(CC(C)C)nc2[nH]cc(-c3ccn4nccc4c3)c12. The van der Waals surface area contributed by atoms with Crippen LogP contribution in [0.15, 0.2) is 36.8 Å². The van der Waals surface area contributed by atoms with Gasteiger partial charge in [-0.15, -0.1) is 0 Å². The van der Waals surface area contributed by atoms with Gasteiger partial charge in [-0.3, -0.25) is 0 Å². The molecule has 6 heteroatoms. The third kappa shape index (κ3) is 2.40. The summed E-state index contributed by atoms with van der Waals surface area (Å²) in [6.07, 6.45) is 6.52. The maximum atomic E-state index is 5.55. The first-order valence-corrected chi connectivity index (χ1v) is 8.01. The summed E-state index contributed by atoms with van der Waals surface area (Å²) in [6, 6.07) is 6.11. The lowest BCUT2D eigenvalue weighted by molar-refractivity contribution is 0.399. The van der Waals surface area contributed by atoms with E-state index in [4.69, 9.17) is 4.74 Å². The molecule has 24 heavy (non-hydrogen) atoms. The van der Waals surface area contributed by atoms with Gasteiger partial charge in [-0.2, -0.15) is 10.1 Å². The Morgan fingerprint density at radius 2 is 2.12 bits per heavy atom. The second-order valence-electron chi connectivity index (χ2n) is 6.29. The van der Waals surface area contributed by atoms with Crippen LogP contribution in [0.2, 0.25) is 0 Å². The molecule has 0 radical (unpaired) electrons. The van der Waals surface area contributed by atoms with E-state index in [1.807, 2.05) is 29.0 Å². The molecule has 4 rings (SSSR count). The molecule has 0 aromatic carbocycles.